The molecule has 0 aliphatic carbocycles. The number of ether oxygens (including phenoxy) is 2. The average molecular weight is 348 g/mol. The molecule has 0 N–H and O–H groups in total. The molecule has 1 aromatic carbocycles. The molecule has 6 nitrogen and oxygen atoms in total. The van der Waals surface area contributed by atoms with Crippen LogP contribution < -0.4 is 0 Å². The summed E-state index contributed by atoms with van der Waals surface area (Å²) in [6.07, 6.45) is -0.704. The van der Waals surface area contributed by atoms with Crippen molar-refractivity contribution in [2.45, 2.75) is 46.3 Å². The van der Waals surface area contributed by atoms with Gasteiger partial charge in [0.05, 0.1) is 12.6 Å². The van der Waals surface area contributed by atoms with Crippen molar-refractivity contribution in [2.75, 3.05) is 26.2 Å². The molecule has 1 saturated heterocycles. The smallest absolute Gasteiger partial charge is 0.410 e. The number of carbonyl (C=O) groups is 2. The lowest BCUT2D eigenvalue weighted by Gasteiger charge is -2.41. The van der Waals surface area contributed by atoms with Gasteiger partial charge in [-0.3, -0.25) is 4.90 Å². The van der Waals surface area contributed by atoms with E-state index in [4.69, 9.17) is 9.47 Å². The van der Waals surface area contributed by atoms with E-state index in [1.54, 1.807) is 16.7 Å². The quantitative estimate of drug-likeness (QED) is 0.817. The number of aryl methyl sites for hydroxylation is 1. The molecule has 138 valence electrons. The van der Waals surface area contributed by atoms with Gasteiger partial charge in [-0.15, -0.1) is 0 Å². The van der Waals surface area contributed by atoms with E-state index < -0.39 is 5.60 Å². The number of nitrogens with zero attached hydrogens (tertiary/aromatic N) is 2. The molecule has 1 aliphatic heterocycles. The number of carbonyl (C=O) groups excluding carboxylic acids is 2. The second-order valence-electron chi connectivity index (χ2n) is 7.25. The third-order valence-electron chi connectivity index (χ3n) is 4.00. The van der Waals surface area contributed by atoms with Gasteiger partial charge in [0, 0.05) is 19.6 Å². The first-order chi connectivity index (χ1) is 11.7. The van der Waals surface area contributed by atoms with E-state index >= 15 is 0 Å². The molecule has 1 fully saturated rings. The second-order valence-corrected chi connectivity index (χ2v) is 7.25. The van der Waals surface area contributed by atoms with Crippen molar-refractivity contribution in [2.24, 2.45) is 0 Å². The van der Waals surface area contributed by atoms with E-state index in [1.165, 1.54) is 0 Å². The molecule has 1 aromatic rings. The van der Waals surface area contributed by atoms with Gasteiger partial charge >= 0.3 is 12.2 Å². The first-order valence-electron chi connectivity index (χ1n) is 8.69. The molecule has 1 unspecified atom stereocenters. The minimum atomic E-state index is -0.547. The van der Waals surface area contributed by atoms with Crippen molar-refractivity contribution >= 4 is 12.2 Å². The van der Waals surface area contributed by atoms with Gasteiger partial charge < -0.3 is 14.4 Å². The Morgan fingerprint density at radius 3 is 2.32 bits per heavy atom. The van der Waals surface area contributed by atoms with Gasteiger partial charge in [0.15, 0.2) is 0 Å². The van der Waals surface area contributed by atoms with E-state index in [-0.39, 0.29) is 18.2 Å². The number of amides is 2. The first-order valence-corrected chi connectivity index (χ1v) is 8.69. The number of hydrogen-bond donors (Lipinski definition) is 0. The molecule has 2 rings (SSSR count). The fourth-order valence-corrected chi connectivity index (χ4v) is 2.77. The normalized spacial score (nSPS) is 18.0. The SMILES string of the molecule is CCOC(=O)N1CCN(C(=O)OC(C)(C)C)CC1c1ccc(C)cc1. The number of hydrogen-bond acceptors (Lipinski definition) is 4. The molecule has 1 atom stereocenters. The molecular formula is C19H28N2O4. The molecule has 2 amide bonds. The van der Waals surface area contributed by atoms with Gasteiger partial charge in [-0.2, -0.15) is 0 Å². The zero-order valence-corrected chi connectivity index (χ0v) is 15.7. The van der Waals surface area contributed by atoms with Crippen molar-refractivity contribution in [1.82, 2.24) is 9.80 Å². The molecular weight excluding hydrogens is 320 g/mol. The Hall–Kier alpha value is -2.24. The molecule has 0 radical (unpaired) electrons. The second kappa shape index (κ2) is 7.76. The van der Waals surface area contributed by atoms with E-state index in [1.807, 2.05) is 52.0 Å². The lowest BCUT2D eigenvalue weighted by atomic mass is 10.0. The van der Waals surface area contributed by atoms with E-state index in [0.29, 0.717) is 26.2 Å². The van der Waals surface area contributed by atoms with E-state index in [2.05, 4.69) is 0 Å². The van der Waals surface area contributed by atoms with Gasteiger partial charge in [-0.05, 0) is 40.2 Å². The molecule has 0 spiro atoms. The summed E-state index contributed by atoms with van der Waals surface area (Å²) in [5.74, 6) is 0. The van der Waals surface area contributed by atoms with Gasteiger partial charge in [-0.25, -0.2) is 9.59 Å². The molecule has 0 bridgehead atoms. The standard InChI is InChI=1S/C19H28N2O4/c1-6-24-18(23)21-12-11-20(17(22)25-19(3,4)5)13-16(21)15-9-7-14(2)8-10-15/h7-10,16H,6,11-13H2,1-5H3. The predicted molar refractivity (Wildman–Crippen MR) is 95.5 cm³/mol. The van der Waals surface area contributed by atoms with Crippen LogP contribution in [0.25, 0.3) is 0 Å². The molecule has 0 aromatic heterocycles. The topological polar surface area (TPSA) is 59.1 Å². The van der Waals surface area contributed by atoms with Crippen molar-refractivity contribution in [3.63, 3.8) is 0 Å². The zero-order valence-electron chi connectivity index (χ0n) is 15.7. The zero-order chi connectivity index (χ0) is 18.6. The number of piperazine rings is 1. The predicted octanol–water partition coefficient (Wildman–Crippen LogP) is 3.75. The third-order valence-corrected chi connectivity index (χ3v) is 4.00. The van der Waals surface area contributed by atoms with Gasteiger partial charge in [0.25, 0.3) is 0 Å². The van der Waals surface area contributed by atoms with Crippen molar-refractivity contribution in [3.05, 3.63) is 35.4 Å². The minimum Gasteiger partial charge on any atom is -0.450 e. The summed E-state index contributed by atoms with van der Waals surface area (Å²) >= 11 is 0. The third kappa shape index (κ3) is 5.11. The van der Waals surface area contributed by atoms with Gasteiger partial charge in [-0.1, -0.05) is 29.8 Å². The average Bonchev–Trinajstić information content (AvgIpc) is 2.53. The van der Waals surface area contributed by atoms with Crippen LogP contribution in [0.3, 0.4) is 0 Å². The van der Waals surface area contributed by atoms with Crippen LogP contribution in [0.1, 0.15) is 44.9 Å². The molecule has 0 saturated carbocycles. The number of benzene rings is 1. The molecule has 1 aliphatic rings. The van der Waals surface area contributed by atoms with Crippen LogP contribution >= 0.6 is 0 Å². The lowest BCUT2D eigenvalue weighted by Crippen LogP contribution is -2.53. The summed E-state index contributed by atoms with van der Waals surface area (Å²) in [4.78, 5) is 28.1. The first kappa shape index (κ1) is 19.1. The Kier molecular flexibility index (Phi) is 5.93. The van der Waals surface area contributed by atoms with Crippen molar-refractivity contribution < 1.29 is 19.1 Å². The van der Waals surface area contributed by atoms with Crippen LogP contribution in [0.5, 0.6) is 0 Å². The monoisotopic (exact) mass is 348 g/mol. The summed E-state index contributed by atoms with van der Waals surface area (Å²) in [5.41, 5.74) is 1.58. The van der Waals surface area contributed by atoms with Crippen LogP contribution in [0.15, 0.2) is 24.3 Å². The molecule has 6 heteroatoms. The highest BCUT2D eigenvalue weighted by Gasteiger charge is 2.35. The largest absolute Gasteiger partial charge is 0.450 e. The van der Waals surface area contributed by atoms with E-state index in [9.17, 15) is 9.59 Å². The summed E-state index contributed by atoms with van der Waals surface area (Å²) < 4.78 is 10.7. The number of rotatable bonds is 2. The van der Waals surface area contributed by atoms with Crippen LogP contribution in [0.2, 0.25) is 0 Å². The fraction of sp³-hybridized carbons (Fsp3) is 0.579. The van der Waals surface area contributed by atoms with Crippen molar-refractivity contribution in [3.8, 4) is 0 Å². The highest BCUT2D eigenvalue weighted by molar-refractivity contribution is 5.71. The highest BCUT2D eigenvalue weighted by atomic mass is 16.6. The maximum atomic E-state index is 12.4. The summed E-state index contributed by atoms with van der Waals surface area (Å²) in [6, 6.07) is 7.74. The Morgan fingerprint density at radius 1 is 1.12 bits per heavy atom. The Bertz CT molecular complexity index is 607. The fourth-order valence-electron chi connectivity index (χ4n) is 2.77. The molecule has 25 heavy (non-hydrogen) atoms. The van der Waals surface area contributed by atoms with Gasteiger partial charge in [0.2, 0.25) is 0 Å². The maximum absolute atomic E-state index is 12.4. The Morgan fingerprint density at radius 2 is 1.76 bits per heavy atom. The van der Waals surface area contributed by atoms with Crippen LogP contribution in [-0.4, -0.2) is 53.8 Å². The van der Waals surface area contributed by atoms with Crippen LogP contribution in [0, 0.1) is 6.92 Å². The highest BCUT2D eigenvalue weighted by Crippen LogP contribution is 2.27. The minimum absolute atomic E-state index is 0.249. The van der Waals surface area contributed by atoms with Gasteiger partial charge in [0.1, 0.15) is 5.60 Å². The van der Waals surface area contributed by atoms with Crippen molar-refractivity contribution in [1.29, 1.82) is 0 Å². The van der Waals surface area contributed by atoms with Crippen LogP contribution in [0.4, 0.5) is 9.59 Å². The van der Waals surface area contributed by atoms with Crippen LogP contribution in [-0.2, 0) is 9.47 Å². The maximum Gasteiger partial charge on any atom is 0.410 e. The van der Waals surface area contributed by atoms with E-state index in [0.717, 1.165) is 11.1 Å². The molecule has 1 heterocycles. The summed E-state index contributed by atoms with van der Waals surface area (Å²) in [5, 5.41) is 0. The summed E-state index contributed by atoms with van der Waals surface area (Å²) in [7, 11) is 0. The summed E-state index contributed by atoms with van der Waals surface area (Å²) in [6.45, 7) is 10.9. The lowest BCUT2D eigenvalue weighted by molar-refractivity contribution is 0.00202. The Balaban J connectivity index is 2.21. The Labute approximate surface area is 149 Å².